The van der Waals surface area contributed by atoms with Gasteiger partial charge in [-0.25, -0.2) is 0 Å². The molecule has 0 aliphatic heterocycles. The van der Waals surface area contributed by atoms with Gasteiger partial charge in [-0.3, -0.25) is 4.79 Å². The van der Waals surface area contributed by atoms with Crippen LogP contribution >= 0.6 is 0 Å². The van der Waals surface area contributed by atoms with Crippen LogP contribution in [0.3, 0.4) is 0 Å². The maximum atomic E-state index is 12.6. The zero-order valence-electron chi connectivity index (χ0n) is 17.5. The van der Waals surface area contributed by atoms with Crippen LogP contribution in [0.1, 0.15) is 101 Å². The van der Waals surface area contributed by atoms with Gasteiger partial charge in [-0.05, 0) is 0 Å². The third-order valence-corrected chi connectivity index (χ3v) is 8.90. The molecule has 0 aliphatic rings. The first kappa shape index (κ1) is 23.1. The Labute approximate surface area is 164 Å². The minimum absolute atomic E-state index is 0.402. The van der Waals surface area contributed by atoms with Gasteiger partial charge in [-0.1, -0.05) is 133 Å². The lowest BCUT2D eigenvalue weighted by Gasteiger charge is -2.15. The zero-order chi connectivity index (χ0) is 18.9. The Morgan fingerprint density at radius 2 is 1.15 bits per heavy atom. The highest BCUT2D eigenvalue weighted by molar-refractivity contribution is 6.63. The summed E-state index contributed by atoms with van der Waals surface area (Å²) in [5.41, 5.74) is 0.927. The van der Waals surface area contributed by atoms with Gasteiger partial charge < -0.3 is 0 Å². The number of carbonyl (C=O) groups excluding carboxylic acids is 1. The van der Waals surface area contributed by atoms with Crippen LogP contribution in [0.25, 0.3) is 0 Å². The van der Waals surface area contributed by atoms with Crippen LogP contribution < -0.4 is 0 Å². The van der Waals surface area contributed by atoms with Crippen molar-refractivity contribution < 1.29 is 4.79 Å². The molecule has 0 amide bonds. The normalized spacial score (nSPS) is 11.2. The molecule has 0 spiro atoms. The van der Waals surface area contributed by atoms with Gasteiger partial charge >= 0.3 is 0 Å². The van der Waals surface area contributed by atoms with Crippen molar-refractivity contribution in [1.29, 1.82) is 0 Å². The van der Waals surface area contributed by atoms with E-state index in [1.807, 2.05) is 30.3 Å². The molecule has 0 heterocycles. The standard InChI is InChI=1S/C24H42OSi/c1-3-5-7-9-11-16-20-26(21-17-12-10-8-6-4-2)22-24(25)23-18-14-13-15-19-23/h13-15,18-19,26H,3-12,16-17,20-22H2,1-2H3. The van der Waals surface area contributed by atoms with Crippen LogP contribution in [-0.4, -0.2) is 14.6 Å². The fraction of sp³-hybridized carbons (Fsp3) is 0.708. The minimum Gasteiger partial charge on any atom is -0.295 e. The summed E-state index contributed by atoms with van der Waals surface area (Å²) in [7, 11) is -0.929. The van der Waals surface area contributed by atoms with E-state index < -0.39 is 8.80 Å². The molecular formula is C24H42OSi. The Balaban J connectivity index is 2.35. The van der Waals surface area contributed by atoms with Gasteiger partial charge in [-0.15, -0.1) is 0 Å². The number of unbranched alkanes of at least 4 members (excludes halogenated alkanes) is 10. The number of hydrogen-bond acceptors (Lipinski definition) is 1. The monoisotopic (exact) mass is 374 g/mol. The van der Waals surface area contributed by atoms with Crippen LogP contribution in [0.2, 0.25) is 18.1 Å². The molecule has 0 N–H and O–H groups in total. The molecule has 0 saturated heterocycles. The molecule has 1 aromatic carbocycles. The summed E-state index contributed by atoms with van der Waals surface area (Å²) in [6.45, 7) is 4.55. The molecule has 0 atom stereocenters. The molecule has 0 aromatic heterocycles. The predicted molar refractivity (Wildman–Crippen MR) is 119 cm³/mol. The van der Waals surface area contributed by atoms with E-state index in [1.165, 1.54) is 89.1 Å². The Kier molecular flexibility index (Phi) is 14.5. The summed E-state index contributed by atoms with van der Waals surface area (Å²) < 4.78 is 0. The zero-order valence-corrected chi connectivity index (χ0v) is 18.6. The van der Waals surface area contributed by atoms with Crippen molar-refractivity contribution >= 4 is 14.6 Å². The van der Waals surface area contributed by atoms with Crippen LogP contribution in [0.4, 0.5) is 0 Å². The highest BCUT2D eigenvalue weighted by Gasteiger charge is 2.16. The largest absolute Gasteiger partial charge is 0.295 e. The van der Waals surface area contributed by atoms with Gasteiger partial charge in [0.05, 0.1) is 0 Å². The molecular weight excluding hydrogens is 332 g/mol. The van der Waals surface area contributed by atoms with Gasteiger partial charge in [0.25, 0.3) is 0 Å². The Bertz CT molecular complexity index is 427. The number of rotatable bonds is 17. The third-order valence-electron chi connectivity index (χ3n) is 5.50. The van der Waals surface area contributed by atoms with Crippen molar-refractivity contribution in [3.8, 4) is 0 Å². The van der Waals surface area contributed by atoms with Gasteiger partial charge in [0.15, 0.2) is 5.78 Å². The highest BCUT2D eigenvalue weighted by atomic mass is 28.3. The van der Waals surface area contributed by atoms with E-state index in [0.29, 0.717) is 5.78 Å². The first-order valence-electron chi connectivity index (χ1n) is 11.4. The molecule has 0 fully saturated rings. The summed E-state index contributed by atoms with van der Waals surface area (Å²) in [6, 6.07) is 13.6. The highest BCUT2D eigenvalue weighted by Crippen LogP contribution is 2.19. The summed E-state index contributed by atoms with van der Waals surface area (Å²) in [4.78, 5) is 12.6. The molecule has 148 valence electrons. The van der Waals surface area contributed by atoms with E-state index in [0.717, 1.165) is 11.6 Å². The Morgan fingerprint density at radius 3 is 1.65 bits per heavy atom. The van der Waals surface area contributed by atoms with Crippen molar-refractivity contribution in [1.82, 2.24) is 0 Å². The average Bonchev–Trinajstić information content (AvgIpc) is 2.67. The quantitative estimate of drug-likeness (QED) is 0.154. The number of benzene rings is 1. The minimum atomic E-state index is -0.929. The van der Waals surface area contributed by atoms with E-state index in [4.69, 9.17) is 0 Å². The lowest BCUT2D eigenvalue weighted by molar-refractivity contribution is 0.101. The average molecular weight is 375 g/mol. The number of ketones is 1. The summed E-state index contributed by atoms with van der Waals surface area (Å²) in [5.74, 6) is 0.402. The number of carbonyl (C=O) groups is 1. The van der Waals surface area contributed by atoms with Crippen molar-refractivity contribution in [3.05, 3.63) is 35.9 Å². The van der Waals surface area contributed by atoms with Crippen molar-refractivity contribution in [2.75, 3.05) is 0 Å². The van der Waals surface area contributed by atoms with Crippen molar-refractivity contribution in [2.24, 2.45) is 0 Å². The molecule has 26 heavy (non-hydrogen) atoms. The maximum Gasteiger partial charge on any atom is 0.159 e. The first-order chi connectivity index (χ1) is 12.8. The molecule has 1 nitrogen and oxygen atoms in total. The van der Waals surface area contributed by atoms with E-state index in [2.05, 4.69) is 13.8 Å². The van der Waals surface area contributed by atoms with Gasteiger partial charge in [0.1, 0.15) is 0 Å². The molecule has 1 aromatic rings. The smallest absolute Gasteiger partial charge is 0.159 e. The molecule has 0 saturated carbocycles. The summed E-state index contributed by atoms with van der Waals surface area (Å²) in [6.07, 6.45) is 16.4. The number of Topliss-reactive ketones (excluding diaryl/α,β-unsaturated/α-hetero) is 1. The van der Waals surface area contributed by atoms with Gasteiger partial charge in [0, 0.05) is 20.4 Å². The SMILES string of the molecule is CCCCCCCC[SiH](CCCCCCCC)CC(=O)c1ccccc1. The lowest BCUT2D eigenvalue weighted by atomic mass is 10.1. The molecule has 1 rings (SSSR count). The second-order valence-electron chi connectivity index (χ2n) is 7.97. The first-order valence-corrected chi connectivity index (χ1v) is 13.8. The lowest BCUT2D eigenvalue weighted by Crippen LogP contribution is -2.17. The second-order valence-corrected chi connectivity index (χ2v) is 11.3. The Morgan fingerprint density at radius 1 is 0.692 bits per heavy atom. The van der Waals surface area contributed by atoms with Crippen LogP contribution in [0.15, 0.2) is 30.3 Å². The van der Waals surface area contributed by atoms with Crippen molar-refractivity contribution in [2.45, 2.75) is 109 Å². The van der Waals surface area contributed by atoms with Crippen molar-refractivity contribution in [3.63, 3.8) is 0 Å². The fourth-order valence-electron chi connectivity index (χ4n) is 3.78. The van der Waals surface area contributed by atoms with E-state index in [9.17, 15) is 4.79 Å². The van der Waals surface area contributed by atoms with Crippen LogP contribution in [0, 0.1) is 0 Å². The van der Waals surface area contributed by atoms with E-state index >= 15 is 0 Å². The molecule has 0 unspecified atom stereocenters. The van der Waals surface area contributed by atoms with Gasteiger partial charge in [0.2, 0.25) is 0 Å². The van der Waals surface area contributed by atoms with Gasteiger partial charge in [-0.2, -0.15) is 0 Å². The number of hydrogen-bond donors (Lipinski definition) is 0. The topological polar surface area (TPSA) is 17.1 Å². The van der Waals surface area contributed by atoms with Crippen LogP contribution in [-0.2, 0) is 0 Å². The summed E-state index contributed by atoms with van der Waals surface area (Å²) >= 11 is 0. The fourth-order valence-corrected chi connectivity index (χ4v) is 6.97. The third kappa shape index (κ3) is 11.7. The second kappa shape index (κ2) is 16.3. The molecule has 0 aliphatic carbocycles. The van der Waals surface area contributed by atoms with E-state index in [1.54, 1.807) is 0 Å². The summed E-state index contributed by atoms with van der Waals surface area (Å²) in [5, 5.41) is 0. The van der Waals surface area contributed by atoms with E-state index in [-0.39, 0.29) is 0 Å². The molecule has 2 heteroatoms. The predicted octanol–water partition coefficient (Wildman–Crippen LogP) is 7.82. The maximum absolute atomic E-state index is 12.6. The van der Waals surface area contributed by atoms with Crippen LogP contribution in [0.5, 0.6) is 0 Å². The Hall–Kier alpha value is -0.893. The molecule has 0 radical (unpaired) electrons. The molecule has 0 bridgehead atoms.